The number of aliphatic hydroxyl groups excluding tert-OH is 1. The summed E-state index contributed by atoms with van der Waals surface area (Å²) >= 11 is 0. The lowest BCUT2D eigenvalue weighted by atomic mass is 9.95. The molecule has 0 saturated carbocycles. The average molecular weight is 520 g/mol. The molecule has 3 aromatic rings. The molecule has 198 valence electrons. The quantitative estimate of drug-likeness (QED) is 0.174. The molecule has 0 aliphatic rings. The number of hydrogen-bond donors (Lipinski definition) is 6. The molecule has 1 atom stereocenters. The number of carbonyl (C=O) groups excluding carboxylic acids is 2. The van der Waals surface area contributed by atoms with Crippen LogP contribution in [-0.4, -0.2) is 58.6 Å². The van der Waals surface area contributed by atoms with Crippen LogP contribution in [0, 0.1) is 11.3 Å². The number of methoxy groups -OCH3 is 1. The van der Waals surface area contributed by atoms with E-state index in [2.05, 4.69) is 15.6 Å². The number of aliphatic hydroxyl groups is 1. The van der Waals surface area contributed by atoms with E-state index in [-0.39, 0.29) is 52.2 Å². The second-order valence-corrected chi connectivity index (χ2v) is 8.77. The molecular formula is C27H29N5O6. The van der Waals surface area contributed by atoms with Crippen molar-refractivity contribution >= 4 is 29.3 Å². The topological polar surface area (TPSA) is 188 Å². The number of pyridine rings is 1. The van der Waals surface area contributed by atoms with Crippen LogP contribution < -0.4 is 21.1 Å². The van der Waals surface area contributed by atoms with Gasteiger partial charge in [-0.25, -0.2) is 9.78 Å². The Kier molecular flexibility index (Phi) is 8.77. The van der Waals surface area contributed by atoms with Gasteiger partial charge in [-0.05, 0) is 53.9 Å². The first kappa shape index (κ1) is 27.8. The lowest BCUT2D eigenvalue weighted by Crippen LogP contribution is -2.41. The minimum Gasteiger partial charge on any atom is -0.481 e. The van der Waals surface area contributed by atoms with Crippen LogP contribution in [0.5, 0.6) is 5.88 Å². The zero-order valence-electron chi connectivity index (χ0n) is 21.1. The third kappa shape index (κ3) is 6.31. The third-order valence-corrected chi connectivity index (χ3v) is 5.87. The van der Waals surface area contributed by atoms with E-state index in [9.17, 15) is 24.6 Å². The van der Waals surface area contributed by atoms with Crippen LogP contribution in [0.25, 0.3) is 11.1 Å². The number of aromatic nitrogens is 1. The lowest BCUT2D eigenvalue weighted by Gasteiger charge is -2.20. The van der Waals surface area contributed by atoms with Crippen LogP contribution in [0.1, 0.15) is 50.6 Å². The monoisotopic (exact) mass is 519 g/mol. The molecule has 3 rings (SSSR count). The molecule has 0 aliphatic carbocycles. The number of amides is 2. The minimum absolute atomic E-state index is 0.0349. The van der Waals surface area contributed by atoms with Gasteiger partial charge in [0.25, 0.3) is 11.8 Å². The van der Waals surface area contributed by atoms with Crippen molar-refractivity contribution in [3.05, 3.63) is 77.0 Å². The van der Waals surface area contributed by atoms with Crippen LogP contribution in [0.2, 0.25) is 0 Å². The van der Waals surface area contributed by atoms with Crippen molar-refractivity contribution in [2.45, 2.75) is 19.9 Å². The summed E-state index contributed by atoms with van der Waals surface area (Å²) in [6.45, 7) is 3.42. The van der Waals surface area contributed by atoms with E-state index in [0.29, 0.717) is 11.3 Å². The highest BCUT2D eigenvalue weighted by atomic mass is 16.5. The summed E-state index contributed by atoms with van der Waals surface area (Å²) in [5.74, 6) is -2.48. The molecular weight excluding hydrogens is 490 g/mol. The first-order chi connectivity index (χ1) is 18.0. The second kappa shape index (κ2) is 12.0. The summed E-state index contributed by atoms with van der Waals surface area (Å²) in [5.41, 5.74) is 6.52. The molecule has 7 N–H and O–H groups in total. The zero-order valence-corrected chi connectivity index (χ0v) is 21.1. The van der Waals surface area contributed by atoms with Gasteiger partial charge in [-0.1, -0.05) is 19.9 Å². The van der Waals surface area contributed by atoms with Gasteiger partial charge in [-0.2, -0.15) is 0 Å². The van der Waals surface area contributed by atoms with E-state index in [1.807, 2.05) is 13.8 Å². The molecule has 0 unspecified atom stereocenters. The van der Waals surface area contributed by atoms with Crippen LogP contribution in [0.4, 0.5) is 5.69 Å². The number of anilines is 1. The highest BCUT2D eigenvalue weighted by molar-refractivity contribution is 6.10. The maximum atomic E-state index is 13.2. The molecule has 1 heterocycles. The Morgan fingerprint density at radius 3 is 2.18 bits per heavy atom. The van der Waals surface area contributed by atoms with Crippen molar-refractivity contribution in [3.8, 4) is 17.0 Å². The molecule has 0 bridgehead atoms. The number of benzene rings is 2. The summed E-state index contributed by atoms with van der Waals surface area (Å²) in [4.78, 5) is 42.4. The Bertz CT molecular complexity index is 1370. The third-order valence-electron chi connectivity index (χ3n) is 5.87. The maximum Gasteiger partial charge on any atom is 0.336 e. The number of nitrogens with one attached hydrogen (secondary N) is 3. The van der Waals surface area contributed by atoms with Crippen LogP contribution in [0.15, 0.2) is 54.6 Å². The first-order valence-electron chi connectivity index (χ1n) is 11.7. The van der Waals surface area contributed by atoms with Crippen LogP contribution in [-0.2, 0) is 0 Å². The fourth-order valence-corrected chi connectivity index (χ4v) is 3.64. The summed E-state index contributed by atoms with van der Waals surface area (Å²) in [6.07, 6.45) is 0. The fraction of sp³-hybridized carbons (Fsp3) is 0.222. The zero-order chi connectivity index (χ0) is 28.0. The summed E-state index contributed by atoms with van der Waals surface area (Å²) < 4.78 is 5.16. The first-order valence-corrected chi connectivity index (χ1v) is 11.7. The molecule has 11 nitrogen and oxygen atoms in total. The summed E-state index contributed by atoms with van der Waals surface area (Å²) in [7, 11) is 1.39. The number of nitrogens with zero attached hydrogens (tertiary/aromatic N) is 1. The molecule has 11 heteroatoms. The summed E-state index contributed by atoms with van der Waals surface area (Å²) in [6, 6.07) is 12.9. The number of nitrogen functional groups attached to an aromatic ring is 1. The van der Waals surface area contributed by atoms with E-state index < -0.39 is 23.8 Å². The molecule has 0 fully saturated rings. The van der Waals surface area contributed by atoms with Gasteiger partial charge in [0.05, 0.1) is 25.3 Å². The largest absolute Gasteiger partial charge is 0.481 e. The summed E-state index contributed by atoms with van der Waals surface area (Å²) in [5, 5.41) is 32.3. The molecule has 2 amide bonds. The molecule has 1 aromatic heterocycles. The number of carbonyl (C=O) groups is 3. The van der Waals surface area contributed by atoms with Gasteiger partial charge in [0, 0.05) is 28.4 Å². The SMILES string of the molecule is COc1ccc(-c2ccc(C(=O)N[C@H](CO)C(C)C)cc2C(=O)O)c(C(=O)Nc2ccc(C(=N)N)cc2)n1. The predicted octanol–water partition coefficient (Wildman–Crippen LogP) is 2.74. The standard InChI is InChI=1S/C27H29N5O6/c1-14(2)21(13-33)31-25(34)16-6-9-18(20(12-16)27(36)37)19-10-11-22(38-3)32-23(19)26(35)30-17-7-4-15(5-8-17)24(28)29/h4-12,14,21,33H,13H2,1-3H3,(H3,28,29)(H,30,35)(H,31,34)(H,36,37)/t21-/m1/s1. The second-order valence-electron chi connectivity index (χ2n) is 8.77. The molecule has 2 aromatic carbocycles. The number of carboxylic acids is 1. The van der Waals surface area contributed by atoms with Gasteiger partial charge in [-0.3, -0.25) is 15.0 Å². The van der Waals surface area contributed by atoms with Crippen molar-refractivity contribution < 1.29 is 29.3 Å². The van der Waals surface area contributed by atoms with Gasteiger partial charge >= 0.3 is 5.97 Å². The van der Waals surface area contributed by atoms with Crippen molar-refractivity contribution in [2.24, 2.45) is 11.7 Å². The average Bonchev–Trinajstić information content (AvgIpc) is 2.90. The van der Waals surface area contributed by atoms with E-state index in [0.717, 1.165) is 0 Å². The van der Waals surface area contributed by atoms with Gasteiger partial charge < -0.3 is 31.3 Å². The van der Waals surface area contributed by atoms with Crippen LogP contribution >= 0.6 is 0 Å². The van der Waals surface area contributed by atoms with E-state index >= 15 is 0 Å². The Balaban J connectivity index is 2.02. The number of ether oxygens (including phenoxy) is 1. The molecule has 38 heavy (non-hydrogen) atoms. The Hall–Kier alpha value is -4.77. The van der Waals surface area contributed by atoms with Gasteiger partial charge in [0.1, 0.15) is 11.5 Å². The van der Waals surface area contributed by atoms with Crippen LogP contribution in [0.3, 0.4) is 0 Å². The molecule has 0 saturated heterocycles. The Morgan fingerprint density at radius 1 is 1.00 bits per heavy atom. The number of hydrogen-bond acceptors (Lipinski definition) is 7. The molecule has 0 spiro atoms. The van der Waals surface area contributed by atoms with E-state index in [1.165, 1.54) is 37.4 Å². The van der Waals surface area contributed by atoms with Gasteiger partial charge in [0.15, 0.2) is 0 Å². The van der Waals surface area contributed by atoms with E-state index in [1.54, 1.807) is 24.3 Å². The number of nitrogens with two attached hydrogens (primary N) is 1. The number of aromatic carboxylic acids is 1. The maximum absolute atomic E-state index is 13.2. The Morgan fingerprint density at radius 2 is 1.63 bits per heavy atom. The highest BCUT2D eigenvalue weighted by Crippen LogP contribution is 2.30. The molecule has 0 radical (unpaired) electrons. The van der Waals surface area contributed by atoms with Crippen molar-refractivity contribution in [1.82, 2.24) is 10.3 Å². The smallest absolute Gasteiger partial charge is 0.336 e. The highest BCUT2D eigenvalue weighted by Gasteiger charge is 2.23. The number of amidine groups is 1. The normalized spacial score (nSPS) is 11.5. The predicted molar refractivity (Wildman–Crippen MR) is 142 cm³/mol. The minimum atomic E-state index is -1.31. The van der Waals surface area contributed by atoms with Crippen molar-refractivity contribution in [1.29, 1.82) is 5.41 Å². The van der Waals surface area contributed by atoms with Gasteiger partial charge in [-0.15, -0.1) is 0 Å². The van der Waals surface area contributed by atoms with Crippen molar-refractivity contribution in [3.63, 3.8) is 0 Å². The lowest BCUT2D eigenvalue weighted by molar-refractivity contribution is 0.0697. The van der Waals surface area contributed by atoms with Gasteiger partial charge in [0.2, 0.25) is 5.88 Å². The number of carboxylic acid groups (broad SMARTS) is 1. The van der Waals surface area contributed by atoms with E-state index in [4.69, 9.17) is 15.9 Å². The van der Waals surface area contributed by atoms with Crippen molar-refractivity contribution in [2.75, 3.05) is 19.0 Å². The fourth-order valence-electron chi connectivity index (χ4n) is 3.64. The number of rotatable bonds is 10. The molecule has 0 aliphatic heterocycles. The Labute approximate surface area is 219 Å².